The van der Waals surface area contributed by atoms with Crippen molar-refractivity contribution in [1.82, 2.24) is 10.3 Å². The molecule has 0 atom stereocenters. The van der Waals surface area contributed by atoms with Crippen LogP contribution >= 0.6 is 11.6 Å². The highest BCUT2D eigenvalue weighted by atomic mass is 35.5. The Bertz CT molecular complexity index is 556. The molecular weight excluding hydrogens is 294 g/mol. The molecule has 7 heteroatoms. The molecule has 1 aromatic rings. The van der Waals surface area contributed by atoms with E-state index in [0.29, 0.717) is 6.54 Å². The summed E-state index contributed by atoms with van der Waals surface area (Å²) in [5.41, 5.74) is -0.237. The first-order valence-electron chi connectivity index (χ1n) is 7.05. The van der Waals surface area contributed by atoms with E-state index in [4.69, 9.17) is 11.6 Å². The van der Waals surface area contributed by atoms with E-state index in [1.165, 1.54) is 18.9 Å². The summed E-state index contributed by atoms with van der Waals surface area (Å²) in [6, 6.07) is 1.24. The second-order valence-electron chi connectivity index (χ2n) is 5.52. The second-order valence-corrected chi connectivity index (χ2v) is 5.91. The zero-order valence-electron chi connectivity index (χ0n) is 11.9. The molecular formula is C14H18ClN3O3. The van der Waals surface area contributed by atoms with Gasteiger partial charge in [-0.1, -0.05) is 31.4 Å². The Morgan fingerprint density at radius 1 is 1.52 bits per heavy atom. The third kappa shape index (κ3) is 3.50. The maximum Gasteiger partial charge on any atom is 0.300 e. The minimum atomic E-state index is -0.622. The summed E-state index contributed by atoms with van der Waals surface area (Å²) in [4.78, 5) is 26.2. The van der Waals surface area contributed by atoms with Gasteiger partial charge in [0.05, 0.1) is 4.92 Å². The third-order valence-electron chi connectivity index (χ3n) is 4.33. The normalized spacial score (nSPS) is 16.7. The van der Waals surface area contributed by atoms with Gasteiger partial charge in [0.1, 0.15) is 16.9 Å². The van der Waals surface area contributed by atoms with E-state index >= 15 is 0 Å². The van der Waals surface area contributed by atoms with Crippen LogP contribution in [0.4, 0.5) is 5.69 Å². The monoisotopic (exact) mass is 311 g/mol. The molecule has 2 rings (SSSR count). The van der Waals surface area contributed by atoms with E-state index in [-0.39, 0.29) is 21.8 Å². The molecule has 0 saturated heterocycles. The average molecular weight is 312 g/mol. The molecule has 1 amide bonds. The van der Waals surface area contributed by atoms with E-state index in [1.807, 2.05) is 0 Å². The average Bonchev–Trinajstić information content (AvgIpc) is 2.94. The van der Waals surface area contributed by atoms with Crippen molar-refractivity contribution >= 4 is 23.2 Å². The van der Waals surface area contributed by atoms with Gasteiger partial charge in [-0.2, -0.15) is 0 Å². The zero-order chi connectivity index (χ0) is 15.5. The fraction of sp³-hybridized carbons (Fsp3) is 0.571. The molecule has 21 heavy (non-hydrogen) atoms. The van der Waals surface area contributed by atoms with Crippen molar-refractivity contribution in [3.63, 3.8) is 0 Å². The smallest absolute Gasteiger partial charge is 0.300 e. The van der Waals surface area contributed by atoms with Crippen molar-refractivity contribution in [2.45, 2.75) is 39.0 Å². The van der Waals surface area contributed by atoms with Gasteiger partial charge in [0.15, 0.2) is 0 Å². The molecule has 0 unspecified atom stereocenters. The van der Waals surface area contributed by atoms with Crippen LogP contribution < -0.4 is 5.32 Å². The van der Waals surface area contributed by atoms with E-state index in [1.54, 1.807) is 0 Å². The lowest BCUT2D eigenvalue weighted by Crippen LogP contribution is -2.35. The van der Waals surface area contributed by atoms with Gasteiger partial charge in [-0.25, -0.2) is 4.98 Å². The predicted octanol–water partition coefficient (Wildman–Crippen LogP) is 3.34. The van der Waals surface area contributed by atoms with Gasteiger partial charge in [-0.05, 0) is 30.7 Å². The van der Waals surface area contributed by atoms with E-state index in [2.05, 4.69) is 17.2 Å². The molecule has 1 aromatic heterocycles. The number of nitro groups is 1. The number of aromatic nitrogens is 1. The van der Waals surface area contributed by atoms with Gasteiger partial charge in [-0.3, -0.25) is 14.9 Å². The first-order chi connectivity index (χ1) is 9.97. The highest BCUT2D eigenvalue weighted by Gasteiger charge is 2.33. The lowest BCUT2D eigenvalue weighted by atomic mass is 9.83. The Kier molecular flexibility index (Phi) is 4.77. The number of hydrogen-bond donors (Lipinski definition) is 1. The fourth-order valence-corrected chi connectivity index (χ4v) is 3.05. The Morgan fingerprint density at radius 2 is 2.19 bits per heavy atom. The molecule has 1 N–H and O–H groups in total. The van der Waals surface area contributed by atoms with E-state index in [0.717, 1.165) is 25.5 Å². The molecule has 0 radical (unpaired) electrons. The predicted molar refractivity (Wildman–Crippen MR) is 79.4 cm³/mol. The van der Waals surface area contributed by atoms with Crippen molar-refractivity contribution in [2.24, 2.45) is 5.41 Å². The number of rotatable bonds is 5. The summed E-state index contributed by atoms with van der Waals surface area (Å²) in [7, 11) is 0. The first-order valence-corrected chi connectivity index (χ1v) is 7.43. The maximum atomic E-state index is 12.2. The molecule has 0 spiro atoms. The van der Waals surface area contributed by atoms with Gasteiger partial charge in [0.25, 0.3) is 11.6 Å². The maximum absolute atomic E-state index is 12.2. The van der Waals surface area contributed by atoms with Crippen molar-refractivity contribution in [2.75, 3.05) is 6.54 Å². The van der Waals surface area contributed by atoms with Crippen molar-refractivity contribution in [3.05, 3.63) is 33.1 Å². The molecule has 1 aliphatic carbocycles. The van der Waals surface area contributed by atoms with Crippen LogP contribution in [0.15, 0.2) is 12.3 Å². The number of halogens is 1. The molecule has 1 heterocycles. The van der Waals surface area contributed by atoms with Crippen molar-refractivity contribution in [3.8, 4) is 0 Å². The molecule has 0 aliphatic heterocycles. The van der Waals surface area contributed by atoms with Gasteiger partial charge in [0, 0.05) is 6.54 Å². The Labute approximate surface area is 128 Å². The van der Waals surface area contributed by atoms with Crippen molar-refractivity contribution in [1.29, 1.82) is 0 Å². The van der Waals surface area contributed by atoms with Gasteiger partial charge in [-0.15, -0.1) is 0 Å². The number of hydrogen-bond acceptors (Lipinski definition) is 4. The molecule has 1 saturated carbocycles. The van der Waals surface area contributed by atoms with Crippen LogP contribution in [0.25, 0.3) is 0 Å². The molecule has 1 fully saturated rings. The largest absolute Gasteiger partial charge is 0.351 e. The van der Waals surface area contributed by atoms with Crippen LogP contribution in [-0.4, -0.2) is 22.4 Å². The summed E-state index contributed by atoms with van der Waals surface area (Å²) in [5.74, 6) is -0.467. The van der Waals surface area contributed by atoms with Crippen LogP contribution in [-0.2, 0) is 0 Å². The minimum absolute atomic E-state index is 0.0377. The molecule has 0 bridgehead atoms. The molecule has 0 aromatic carbocycles. The topological polar surface area (TPSA) is 85.1 Å². The Hall–Kier alpha value is -1.69. The summed E-state index contributed by atoms with van der Waals surface area (Å²) in [6.07, 6.45) is 6.52. The number of nitrogens with zero attached hydrogens (tertiary/aromatic N) is 2. The first kappa shape index (κ1) is 15.7. The molecule has 1 aliphatic rings. The summed E-state index contributed by atoms with van der Waals surface area (Å²) in [6.45, 7) is 2.66. The summed E-state index contributed by atoms with van der Waals surface area (Å²) < 4.78 is 0. The number of amides is 1. The Balaban J connectivity index is 2.13. The standard InChI is InChI=1S/C14H18ClN3O3/c1-2-14(5-3-4-6-14)9-17-13(19)10-7-12(15)16-8-11(10)18(20)21/h7-8H,2-6,9H2,1H3,(H,17,19). The lowest BCUT2D eigenvalue weighted by molar-refractivity contribution is -0.385. The van der Waals surface area contributed by atoms with Crippen molar-refractivity contribution < 1.29 is 9.72 Å². The van der Waals surface area contributed by atoms with Crippen LogP contribution in [0, 0.1) is 15.5 Å². The minimum Gasteiger partial charge on any atom is -0.351 e. The molecule has 114 valence electrons. The van der Waals surface area contributed by atoms with Gasteiger partial charge >= 0.3 is 0 Å². The fourth-order valence-electron chi connectivity index (χ4n) is 2.89. The van der Waals surface area contributed by atoms with Crippen LogP contribution in [0.2, 0.25) is 5.15 Å². The van der Waals surface area contributed by atoms with Crippen LogP contribution in [0.5, 0.6) is 0 Å². The van der Waals surface area contributed by atoms with Gasteiger partial charge in [0.2, 0.25) is 0 Å². The highest BCUT2D eigenvalue weighted by molar-refractivity contribution is 6.29. The van der Waals surface area contributed by atoms with Gasteiger partial charge < -0.3 is 5.32 Å². The lowest BCUT2D eigenvalue weighted by Gasteiger charge is -2.27. The Morgan fingerprint density at radius 3 is 2.76 bits per heavy atom. The third-order valence-corrected chi connectivity index (χ3v) is 4.54. The van der Waals surface area contributed by atoms with E-state index < -0.39 is 10.8 Å². The number of nitrogens with one attached hydrogen (secondary N) is 1. The van der Waals surface area contributed by atoms with Crippen LogP contribution in [0.3, 0.4) is 0 Å². The second kappa shape index (κ2) is 6.39. The zero-order valence-corrected chi connectivity index (χ0v) is 12.7. The molecule has 6 nitrogen and oxygen atoms in total. The SMILES string of the molecule is CCC1(CNC(=O)c2cc(Cl)ncc2[N+](=O)[O-])CCCC1. The summed E-state index contributed by atoms with van der Waals surface area (Å²) in [5, 5.41) is 13.9. The highest BCUT2D eigenvalue weighted by Crippen LogP contribution is 2.40. The summed E-state index contributed by atoms with van der Waals surface area (Å²) >= 11 is 5.73. The number of pyridine rings is 1. The number of carbonyl (C=O) groups excluding carboxylic acids is 1. The van der Waals surface area contributed by atoms with E-state index in [9.17, 15) is 14.9 Å². The quantitative estimate of drug-likeness (QED) is 0.513. The number of carbonyl (C=O) groups is 1. The van der Waals surface area contributed by atoms with Crippen LogP contribution in [0.1, 0.15) is 49.4 Å².